The van der Waals surface area contributed by atoms with Crippen LogP contribution in [0, 0.1) is 0 Å². The van der Waals surface area contributed by atoms with Gasteiger partial charge in [-0.3, -0.25) is 4.98 Å². The van der Waals surface area contributed by atoms with Crippen LogP contribution in [0.4, 0.5) is 4.79 Å². The number of hydrogen-bond acceptors (Lipinski definition) is 4. The van der Waals surface area contributed by atoms with Crippen LogP contribution in [0.2, 0.25) is 0 Å². The third-order valence-corrected chi connectivity index (χ3v) is 3.51. The maximum Gasteiger partial charge on any atom is 0.410 e. The summed E-state index contributed by atoms with van der Waals surface area (Å²) < 4.78 is 5.92. The van der Waals surface area contributed by atoms with Crippen molar-refractivity contribution in [1.29, 1.82) is 0 Å². The fourth-order valence-corrected chi connectivity index (χ4v) is 2.27. The first-order chi connectivity index (χ1) is 9.70. The summed E-state index contributed by atoms with van der Waals surface area (Å²) in [7, 11) is 0. The van der Waals surface area contributed by atoms with Gasteiger partial charge in [-0.25, -0.2) is 9.78 Å². The van der Waals surface area contributed by atoms with Crippen molar-refractivity contribution in [1.82, 2.24) is 14.9 Å². The molecule has 20 heavy (non-hydrogen) atoms. The van der Waals surface area contributed by atoms with E-state index in [1.807, 2.05) is 6.08 Å². The summed E-state index contributed by atoms with van der Waals surface area (Å²) in [5.41, 5.74) is 1.98. The molecule has 1 aromatic heterocycles. The quantitative estimate of drug-likeness (QED) is 0.790. The van der Waals surface area contributed by atoms with E-state index in [1.54, 1.807) is 17.3 Å². The Morgan fingerprint density at radius 3 is 3.00 bits per heavy atom. The fourth-order valence-electron chi connectivity index (χ4n) is 1.96. The molecule has 0 aliphatic carbocycles. The van der Waals surface area contributed by atoms with Crippen molar-refractivity contribution < 1.29 is 9.53 Å². The maximum atomic E-state index is 11.8. The summed E-state index contributed by atoms with van der Waals surface area (Å²) >= 11 is 3.31. The van der Waals surface area contributed by atoms with Gasteiger partial charge in [0.25, 0.3) is 0 Å². The fraction of sp³-hybridized carbons (Fsp3) is 0.500. The highest BCUT2D eigenvalue weighted by Gasteiger charge is 2.19. The zero-order chi connectivity index (χ0) is 14.4. The Bertz CT molecular complexity index is 505. The molecule has 0 saturated carbocycles. The molecule has 0 spiro atoms. The highest BCUT2D eigenvalue weighted by atomic mass is 79.9. The number of nitrogens with zero attached hydrogens (tertiary/aromatic N) is 3. The molecule has 5 nitrogen and oxygen atoms in total. The Kier molecular flexibility index (Phi) is 5.52. The molecule has 0 N–H and O–H groups in total. The monoisotopic (exact) mass is 339 g/mol. The van der Waals surface area contributed by atoms with Crippen LogP contribution >= 0.6 is 15.9 Å². The maximum absolute atomic E-state index is 11.8. The van der Waals surface area contributed by atoms with Gasteiger partial charge in [0.05, 0.1) is 24.7 Å². The molecular weight excluding hydrogens is 322 g/mol. The average molecular weight is 340 g/mol. The van der Waals surface area contributed by atoms with Crippen LogP contribution in [0.15, 0.2) is 23.1 Å². The van der Waals surface area contributed by atoms with E-state index in [1.165, 1.54) is 0 Å². The summed E-state index contributed by atoms with van der Waals surface area (Å²) in [5, 5.41) is 0. The zero-order valence-electron chi connectivity index (χ0n) is 11.5. The number of aromatic nitrogens is 2. The first-order valence-corrected chi connectivity index (χ1v) is 7.58. The van der Waals surface area contributed by atoms with E-state index in [4.69, 9.17) is 4.74 Å². The Morgan fingerprint density at radius 1 is 1.50 bits per heavy atom. The van der Waals surface area contributed by atoms with Crippen LogP contribution in [0.3, 0.4) is 0 Å². The molecule has 0 atom stereocenters. The van der Waals surface area contributed by atoms with Crippen molar-refractivity contribution in [3.05, 3.63) is 28.8 Å². The van der Waals surface area contributed by atoms with E-state index in [0.29, 0.717) is 19.7 Å². The van der Waals surface area contributed by atoms with Crippen molar-refractivity contribution in [2.24, 2.45) is 0 Å². The van der Waals surface area contributed by atoms with Gasteiger partial charge in [-0.2, -0.15) is 0 Å². The first kappa shape index (κ1) is 15.0. The molecule has 1 amide bonds. The molecule has 1 aliphatic heterocycles. The molecule has 2 rings (SSSR count). The molecular formula is C14H18BrN3O2. The third-order valence-electron chi connectivity index (χ3n) is 3.12. The molecule has 1 aliphatic rings. The highest BCUT2D eigenvalue weighted by Crippen LogP contribution is 2.21. The molecule has 0 fully saturated rings. The van der Waals surface area contributed by atoms with Crippen LogP contribution < -0.4 is 0 Å². The largest absolute Gasteiger partial charge is 0.449 e. The van der Waals surface area contributed by atoms with E-state index in [-0.39, 0.29) is 6.09 Å². The number of ether oxygens (including phenoxy) is 1. The summed E-state index contributed by atoms with van der Waals surface area (Å²) in [6, 6.07) is 0. The van der Waals surface area contributed by atoms with Crippen molar-refractivity contribution in [3.63, 3.8) is 0 Å². The van der Waals surface area contributed by atoms with Gasteiger partial charge in [-0.15, -0.1) is 0 Å². The molecule has 0 bridgehead atoms. The third kappa shape index (κ3) is 4.03. The van der Waals surface area contributed by atoms with Gasteiger partial charge in [0, 0.05) is 13.1 Å². The molecule has 2 heterocycles. The average Bonchev–Trinajstić information content (AvgIpc) is 2.47. The minimum absolute atomic E-state index is 0.228. The summed E-state index contributed by atoms with van der Waals surface area (Å²) in [6.45, 7) is 3.79. The van der Waals surface area contributed by atoms with Gasteiger partial charge in [-0.1, -0.05) is 19.4 Å². The molecule has 0 radical (unpaired) electrons. The van der Waals surface area contributed by atoms with Gasteiger partial charge in [0.15, 0.2) is 0 Å². The number of halogens is 1. The van der Waals surface area contributed by atoms with Crippen molar-refractivity contribution in [3.8, 4) is 0 Å². The number of unbranched alkanes of at least 4 members (excludes halogenated alkanes) is 1. The van der Waals surface area contributed by atoms with Gasteiger partial charge in [0.2, 0.25) is 0 Å². The number of carbonyl (C=O) groups excluding carboxylic acids is 1. The lowest BCUT2D eigenvalue weighted by Crippen LogP contribution is -2.35. The number of amides is 1. The minimum Gasteiger partial charge on any atom is -0.449 e. The van der Waals surface area contributed by atoms with Crippen molar-refractivity contribution >= 4 is 27.6 Å². The Labute approximate surface area is 127 Å². The van der Waals surface area contributed by atoms with E-state index in [2.05, 4.69) is 32.8 Å². The van der Waals surface area contributed by atoms with Crippen molar-refractivity contribution in [2.75, 3.05) is 19.7 Å². The topological polar surface area (TPSA) is 55.3 Å². The summed E-state index contributed by atoms with van der Waals surface area (Å²) in [5.74, 6) is 0. The Morgan fingerprint density at radius 2 is 2.35 bits per heavy atom. The Hall–Kier alpha value is -1.43. The van der Waals surface area contributed by atoms with Gasteiger partial charge in [-0.05, 0) is 34.3 Å². The number of rotatable bonds is 4. The first-order valence-electron chi connectivity index (χ1n) is 6.79. The van der Waals surface area contributed by atoms with Crippen LogP contribution in [0.1, 0.15) is 31.9 Å². The molecule has 0 unspecified atom stereocenters. The molecule has 1 aromatic rings. The standard InChI is InChI=1S/C14H18BrN3O2/c1-2-3-8-20-14(19)18-6-4-11(5-7-18)12-9-16-10-13(15)17-12/h4,9-10H,2-3,5-8H2,1H3. The number of hydrogen-bond donors (Lipinski definition) is 0. The van der Waals surface area contributed by atoms with Crippen LogP contribution in [0.5, 0.6) is 0 Å². The van der Waals surface area contributed by atoms with Gasteiger partial charge >= 0.3 is 6.09 Å². The lowest BCUT2D eigenvalue weighted by atomic mass is 10.1. The van der Waals surface area contributed by atoms with E-state index in [0.717, 1.165) is 35.1 Å². The predicted octanol–water partition coefficient (Wildman–Crippen LogP) is 3.26. The Balaban J connectivity index is 1.91. The smallest absolute Gasteiger partial charge is 0.410 e. The summed E-state index contributed by atoms with van der Waals surface area (Å²) in [4.78, 5) is 22.0. The van der Waals surface area contributed by atoms with Gasteiger partial charge < -0.3 is 9.64 Å². The molecule has 108 valence electrons. The van der Waals surface area contributed by atoms with Crippen LogP contribution in [-0.4, -0.2) is 40.7 Å². The van der Waals surface area contributed by atoms with Crippen LogP contribution in [0.25, 0.3) is 5.57 Å². The molecule has 0 aromatic carbocycles. The molecule has 6 heteroatoms. The molecule has 0 saturated heterocycles. The second kappa shape index (κ2) is 7.38. The zero-order valence-corrected chi connectivity index (χ0v) is 13.1. The predicted molar refractivity (Wildman–Crippen MR) is 80.2 cm³/mol. The number of carbonyl (C=O) groups is 1. The lowest BCUT2D eigenvalue weighted by molar-refractivity contribution is 0.105. The lowest BCUT2D eigenvalue weighted by Gasteiger charge is -2.25. The van der Waals surface area contributed by atoms with E-state index < -0.39 is 0 Å². The van der Waals surface area contributed by atoms with E-state index >= 15 is 0 Å². The highest BCUT2D eigenvalue weighted by molar-refractivity contribution is 9.10. The normalized spacial score (nSPS) is 14.9. The second-order valence-corrected chi connectivity index (χ2v) is 5.43. The SMILES string of the molecule is CCCCOC(=O)N1CC=C(c2cncc(Br)n2)CC1. The van der Waals surface area contributed by atoms with Crippen LogP contribution in [-0.2, 0) is 4.74 Å². The van der Waals surface area contributed by atoms with Gasteiger partial charge in [0.1, 0.15) is 4.60 Å². The summed E-state index contributed by atoms with van der Waals surface area (Å²) in [6.07, 6.45) is 7.90. The second-order valence-electron chi connectivity index (χ2n) is 4.62. The van der Waals surface area contributed by atoms with Crippen molar-refractivity contribution in [2.45, 2.75) is 26.2 Å². The van der Waals surface area contributed by atoms with E-state index in [9.17, 15) is 4.79 Å². The minimum atomic E-state index is -0.228.